The predicted octanol–water partition coefficient (Wildman–Crippen LogP) is 5.30. The summed E-state index contributed by atoms with van der Waals surface area (Å²) in [7, 11) is 6.63. The summed E-state index contributed by atoms with van der Waals surface area (Å²) in [5.41, 5.74) is 1.82. The molecule has 11 atom stereocenters. The number of rotatable bonds is 13. The van der Waals surface area contributed by atoms with Gasteiger partial charge in [-0.05, 0) is 152 Å². The first-order valence-electron chi connectivity index (χ1n) is 30.5. The van der Waals surface area contributed by atoms with Gasteiger partial charge < -0.3 is 55.6 Å². The molecule has 2 aliphatic heterocycles. The van der Waals surface area contributed by atoms with Crippen molar-refractivity contribution >= 4 is 36.0 Å². The Kier molecular flexibility index (Phi) is 15.6. The second kappa shape index (κ2) is 22.3. The first kappa shape index (κ1) is 56.6. The van der Waals surface area contributed by atoms with E-state index in [-0.39, 0.29) is 77.5 Å². The number of aromatic nitrogens is 3. The molecule has 0 radical (unpaired) electrons. The van der Waals surface area contributed by atoms with Crippen molar-refractivity contribution in [1.82, 2.24) is 46.9 Å². The van der Waals surface area contributed by atoms with Crippen LogP contribution in [0.4, 0.5) is 14.4 Å². The Balaban J connectivity index is 0.000000172. The number of carbonyl (C=O) groups excluding carboxylic acids is 6. The van der Waals surface area contributed by atoms with Crippen LogP contribution in [0.15, 0.2) is 0 Å². The van der Waals surface area contributed by atoms with E-state index in [4.69, 9.17) is 43.2 Å². The molecule has 11 saturated carbocycles. The summed E-state index contributed by atoms with van der Waals surface area (Å²) in [6.45, 7) is 0.842. The van der Waals surface area contributed by atoms with Crippen LogP contribution in [0.3, 0.4) is 0 Å². The van der Waals surface area contributed by atoms with Crippen molar-refractivity contribution in [2.75, 3.05) is 34.3 Å². The summed E-state index contributed by atoms with van der Waals surface area (Å²) in [4.78, 5) is 97.5. The molecular weight excluding hydrogens is 1050 g/mol. The molecule has 14 aliphatic rings. The number of carbonyl (C=O) groups is 6. The van der Waals surface area contributed by atoms with Gasteiger partial charge in [-0.25, -0.2) is 14.4 Å². The Hall–Kier alpha value is -4.88. The topological polar surface area (TPSA) is 288 Å². The molecule has 4 spiro atoms. The maximum absolute atomic E-state index is 13.2. The highest BCUT2D eigenvalue weighted by Crippen LogP contribution is 2.67. The summed E-state index contributed by atoms with van der Waals surface area (Å²) < 4.78 is 32.1. The highest BCUT2D eigenvalue weighted by Gasteiger charge is 2.72. The van der Waals surface area contributed by atoms with Crippen molar-refractivity contribution < 1.29 is 72.0 Å². The van der Waals surface area contributed by atoms with Gasteiger partial charge in [0.2, 0.25) is 40.9 Å². The fourth-order valence-corrected chi connectivity index (χ4v) is 17.8. The Morgan fingerprint density at radius 1 is 0.593 bits per heavy atom. The molecule has 8 bridgehead atoms. The highest BCUT2D eigenvalue weighted by atomic mass is 17.3. The largest absolute Gasteiger partial charge is 0.449 e. The molecular formula is C57H85N9O15. The summed E-state index contributed by atoms with van der Waals surface area (Å²) >= 11 is 0. The van der Waals surface area contributed by atoms with Gasteiger partial charge in [0.25, 0.3) is 0 Å². The van der Waals surface area contributed by atoms with Gasteiger partial charge >= 0.3 is 18.3 Å². The number of hydrogen-bond acceptors (Lipinski definition) is 17. The van der Waals surface area contributed by atoms with Crippen LogP contribution in [0.2, 0.25) is 0 Å². The monoisotopic (exact) mass is 1140 g/mol. The van der Waals surface area contributed by atoms with Crippen LogP contribution in [-0.2, 0) is 77.5 Å². The third-order valence-electron chi connectivity index (χ3n) is 21.1. The van der Waals surface area contributed by atoms with Gasteiger partial charge in [-0.15, -0.1) is 5.10 Å². The normalized spacial score (nSPS) is 41.5. The minimum absolute atomic E-state index is 0.0171. The molecule has 448 valence electrons. The fraction of sp³-hybridized carbons (Fsp3) is 0.860. The lowest BCUT2D eigenvalue weighted by molar-refractivity contribution is -0.392. The van der Waals surface area contributed by atoms with E-state index >= 15 is 0 Å². The molecule has 2 saturated heterocycles. The smallest absolute Gasteiger partial charge is 0.407 e. The second-order valence-electron chi connectivity index (χ2n) is 26.4. The van der Waals surface area contributed by atoms with Crippen LogP contribution < -0.4 is 31.9 Å². The molecule has 3 heterocycles. The first-order valence-corrected chi connectivity index (χ1v) is 30.5. The van der Waals surface area contributed by atoms with E-state index in [1.807, 2.05) is 11.7 Å². The van der Waals surface area contributed by atoms with Crippen molar-refractivity contribution in [2.45, 2.75) is 213 Å². The van der Waals surface area contributed by atoms with E-state index in [2.05, 4.69) is 42.2 Å². The summed E-state index contributed by atoms with van der Waals surface area (Å²) in [6, 6.07) is 0. The molecule has 0 aromatic carbocycles. The minimum Gasteiger partial charge on any atom is -0.449 e. The van der Waals surface area contributed by atoms with Crippen molar-refractivity contribution in [2.24, 2.45) is 60.3 Å². The van der Waals surface area contributed by atoms with Gasteiger partial charge in [-0.1, -0.05) is 5.21 Å². The lowest BCUT2D eigenvalue weighted by atomic mass is 9.50. The molecule has 7 unspecified atom stereocenters. The van der Waals surface area contributed by atoms with Crippen molar-refractivity contribution in [3.8, 4) is 0 Å². The van der Waals surface area contributed by atoms with Crippen molar-refractivity contribution in [3.63, 3.8) is 0 Å². The van der Waals surface area contributed by atoms with Crippen LogP contribution in [0.25, 0.3) is 0 Å². The van der Waals surface area contributed by atoms with Crippen molar-refractivity contribution in [1.29, 1.82) is 0 Å². The van der Waals surface area contributed by atoms with Gasteiger partial charge in [0.15, 0.2) is 0 Å². The van der Waals surface area contributed by atoms with E-state index < -0.39 is 41.4 Å². The molecule has 6 N–H and O–H groups in total. The number of amides is 6. The third kappa shape index (κ3) is 11.2. The van der Waals surface area contributed by atoms with Crippen molar-refractivity contribution in [3.05, 3.63) is 11.4 Å². The molecule has 24 nitrogen and oxygen atoms in total. The molecule has 15 rings (SSSR count). The number of hydrogen-bond donors (Lipinski definition) is 6. The lowest BCUT2D eigenvalue weighted by Gasteiger charge is -2.62. The quantitative estimate of drug-likeness (QED) is 0.0829. The number of aryl methyl sites for hydroxylation is 2. The zero-order valence-electron chi connectivity index (χ0n) is 47.6. The SMILES string of the molecule is CNC(=O)CCC(=O)NC12CC3CC(C1)C1(OO[C@@]4(CCCC(OC(=O)NC)C4)O1)C(C3)C2.CNC(=O)OC1CCC[C@]2(C1)OOC1(O2)C2CC3CC1CC(NC(=O)CCCNC(=O)OCC1[C@H]4CCc5c(nnn5C)CC[C@@H]14)(C3)C2. The Morgan fingerprint density at radius 2 is 1.10 bits per heavy atom. The zero-order chi connectivity index (χ0) is 56.4. The van der Waals surface area contributed by atoms with Crippen LogP contribution >= 0.6 is 0 Å². The van der Waals surface area contributed by atoms with Crippen LogP contribution in [0, 0.1) is 53.3 Å². The maximum atomic E-state index is 13.2. The molecule has 81 heavy (non-hydrogen) atoms. The standard InChI is InChI=1S/C34H50N6O8.C23H35N3O7/c1-35-30(42)45-23-5-3-11-33(18-23)46-34(48-47-33)21-13-20-14-22(34)17-32(15-20,16-21)37-29(41)6-4-12-36-31(43)44-19-26-24-7-9-27-28(10-8-25(24)26)40(2)39-38-27;1-24-18(27)5-6-19(28)26-21-10-14-8-15(11-21)23(16(9-14)12-21)31-22(32-33-23)7-3-4-17(13-22)30-20(29)25-2/h20-26H,3-19H2,1-2H3,(H,35,42)(H,36,43)(H,37,41);14-17H,3-13H2,1-2H3,(H,24,27)(H,25,29)(H,26,28)/t20?,21?,22?,23?,24-,25+,26?,32?,33-,34?;14?,15?,16?,17?,21?,22-,23?/m11/s1. The van der Waals surface area contributed by atoms with E-state index in [0.717, 1.165) is 121 Å². The Morgan fingerprint density at radius 3 is 1.62 bits per heavy atom. The molecule has 1 aromatic heterocycles. The van der Waals surface area contributed by atoms with E-state index in [9.17, 15) is 28.8 Å². The fourth-order valence-electron chi connectivity index (χ4n) is 17.8. The molecule has 6 amide bonds. The van der Waals surface area contributed by atoms with E-state index in [0.29, 0.717) is 81.3 Å². The van der Waals surface area contributed by atoms with Gasteiger partial charge in [0.05, 0.1) is 18.0 Å². The summed E-state index contributed by atoms with van der Waals surface area (Å²) in [5, 5.41) is 25.6. The molecule has 13 fully saturated rings. The number of alkyl carbamates (subject to hydrolysis) is 3. The Labute approximate surface area is 472 Å². The Bertz CT molecular complexity index is 2540. The van der Waals surface area contributed by atoms with Gasteiger partial charge in [-0.3, -0.25) is 19.1 Å². The number of ether oxygens (including phenoxy) is 5. The van der Waals surface area contributed by atoms with Crippen LogP contribution in [0.1, 0.15) is 165 Å². The molecule has 1 aromatic rings. The van der Waals surface area contributed by atoms with Crippen LogP contribution in [-0.4, -0.2) is 132 Å². The third-order valence-corrected chi connectivity index (χ3v) is 21.1. The second-order valence-corrected chi connectivity index (χ2v) is 26.4. The predicted molar refractivity (Wildman–Crippen MR) is 282 cm³/mol. The molecule has 12 aliphatic carbocycles. The van der Waals surface area contributed by atoms with Gasteiger partial charge in [-0.2, -0.15) is 19.6 Å². The van der Waals surface area contributed by atoms with E-state index in [1.165, 1.54) is 5.69 Å². The number of nitrogens with one attached hydrogen (secondary N) is 6. The number of nitrogens with zero attached hydrogens (tertiary/aromatic N) is 3. The van der Waals surface area contributed by atoms with Crippen LogP contribution in [0.5, 0.6) is 0 Å². The first-order chi connectivity index (χ1) is 39.0. The highest BCUT2D eigenvalue weighted by molar-refractivity contribution is 5.84. The minimum atomic E-state index is -0.908. The summed E-state index contributed by atoms with van der Waals surface area (Å²) in [6.07, 6.45) is 18.0. The van der Waals surface area contributed by atoms with Gasteiger partial charge in [0.1, 0.15) is 12.2 Å². The average Bonchev–Trinajstić information content (AvgIpc) is 2.35. The van der Waals surface area contributed by atoms with E-state index in [1.54, 1.807) is 21.1 Å². The van der Waals surface area contributed by atoms with Gasteiger partial charge in [0, 0.05) is 114 Å². The number of fused-ring (bicyclic) bond motifs is 2. The maximum Gasteiger partial charge on any atom is 0.407 e. The zero-order valence-corrected chi connectivity index (χ0v) is 47.6. The summed E-state index contributed by atoms with van der Waals surface area (Å²) in [5.74, 6) is -0.478. The lowest BCUT2D eigenvalue weighted by Crippen LogP contribution is -2.69. The molecule has 24 heteroatoms. The average molecular weight is 1140 g/mol.